The molecule has 0 aliphatic carbocycles. The van der Waals surface area contributed by atoms with Crippen LogP contribution in [-0.4, -0.2) is 38.0 Å². The van der Waals surface area contributed by atoms with Gasteiger partial charge in [0.2, 0.25) is 0 Å². The maximum atomic E-state index is 11.9. The molecule has 0 aliphatic rings. The van der Waals surface area contributed by atoms with Crippen molar-refractivity contribution >= 4 is 11.6 Å². The average Bonchev–Trinajstić information content (AvgIpc) is 2.27. The Kier molecular flexibility index (Phi) is 5.65. The zero-order valence-electron chi connectivity index (χ0n) is 11.5. The number of rotatable bonds is 6. The number of amides is 1. The zero-order valence-corrected chi connectivity index (χ0v) is 11.5. The molecule has 0 saturated carbocycles. The van der Waals surface area contributed by atoms with Gasteiger partial charge in [-0.2, -0.15) is 0 Å². The zero-order chi connectivity index (χ0) is 13.5. The summed E-state index contributed by atoms with van der Waals surface area (Å²) in [4.78, 5) is 14.0. The number of hydrogen-bond acceptors (Lipinski definition) is 3. The van der Waals surface area contributed by atoms with Crippen LogP contribution in [0.5, 0.6) is 0 Å². The van der Waals surface area contributed by atoms with E-state index >= 15 is 0 Å². The van der Waals surface area contributed by atoms with Crippen LogP contribution in [0.1, 0.15) is 28.8 Å². The molecule has 4 heteroatoms. The minimum Gasteiger partial charge on any atom is -0.398 e. The van der Waals surface area contributed by atoms with Crippen LogP contribution in [-0.2, 0) is 0 Å². The summed E-state index contributed by atoms with van der Waals surface area (Å²) < 4.78 is 0. The first-order valence-electron chi connectivity index (χ1n) is 6.30. The van der Waals surface area contributed by atoms with Crippen molar-refractivity contribution in [3.05, 3.63) is 29.3 Å². The number of unbranched alkanes of at least 4 members (excludes halogenated alkanes) is 1. The van der Waals surface area contributed by atoms with Crippen LogP contribution in [0.4, 0.5) is 5.69 Å². The molecule has 0 heterocycles. The van der Waals surface area contributed by atoms with Gasteiger partial charge in [-0.15, -0.1) is 0 Å². The molecule has 4 nitrogen and oxygen atoms in total. The first kappa shape index (κ1) is 14.5. The molecule has 18 heavy (non-hydrogen) atoms. The predicted molar refractivity (Wildman–Crippen MR) is 75.7 cm³/mol. The smallest absolute Gasteiger partial charge is 0.253 e. The molecular formula is C14H23N3O. The first-order chi connectivity index (χ1) is 8.50. The van der Waals surface area contributed by atoms with E-state index < -0.39 is 0 Å². The molecule has 1 aromatic carbocycles. The lowest BCUT2D eigenvalue weighted by Gasteiger charge is -2.10. The van der Waals surface area contributed by atoms with Crippen LogP contribution >= 0.6 is 0 Å². The van der Waals surface area contributed by atoms with Gasteiger partial charge in [0.1, 0.15) is 0 Å². The van der Waals surface area contributed by atoms with Crippen LogP contribution in [0.15, 0.2) is 18.2 Å². The van der Waals surface area contributed by atoms with Crippen molar-refractivity contribution in [3.63, 3.8) is 0 Å². The van der Waals surface area contributed by atoms with Gasteiger partial charge in [0, 0.05) is 12.2 Å². The Morgan fingerprint density at radius 2 is 2.06 bits per heavy atom. The Hall–Kier alpha value is -1.55. The minimum atomic E-state index is -0.0858. The summed E-state index contributed by atoms with van der Waals surface area (Å²) >= 11 is 0. The molecule has 3 N–H and O–H groups in total. The molecule has 0 aromatic heterocycles. The van der Waals surface area contributed by atoms with Crippen LogP contribution < -0.4 is 11.1 Å². The molecule has 0 atom stereocenters. The topological polar surface area (TPSA) is 58.4 Å². The van der Waals surface area contributed by atoms with Crippen molar-refractivity contribution in [3.8, 4) is 0 Å². The van der Waals surface area contributed by atoms with Crippen molar-refractivity contribution in [2.45, 2.75) is 19.8 Å². The number of benzene rings is 1. The molecule has 0 fully saturated rings. The molecule has 0 saturated heterocycles. The second-order valence-corrected chi connectivity index (χ2v) is 4.86. The van der Waals surface area contributed by atoms with E-state index in [4.69, 9.17) is 5.73 Å². The quantitative estimate of drug-likeness (QED) is 0.595. The number of carbonyl (C=O) groups is 1. The Labute approximate surface area is 109 Å². The molecule has 0 radical (unpaired) electrons. The van der Waals surface area contributed by atoms with Crippen LogP contribution in [0.3, 0.4) is 0 Å². The third kappa shape index (κ3) is 4.75. The normalized spacial score (nSPS) is 10.7. The Balaban J connectivity index is 2.36. The molecule has 100 valence electrons. The minimum absolute atomic E-state index is 0.0858. The largest absolute Gasteiger partial charge is 0.398 e. The Bertz CT molecular complexity index is 402. The van der Waals surface area contributed by atoms with Gasteiger partial charge in [0.25, 0.3) is 5.91 Å². The molecule has 1 rings (SSSR count). The Morgan fingerprint density at radius 3 is 2.67 bits per heavy atom. The Morgan fingerprint density at radius 1 is 1.33 bits per heavy atom. The van der Waals surface area contributed by atoms with E-state index in [9.17, 15) is 4.79 Å². The van der Waals surface area contributed by atoms with E-state index in [0.29, 0.717) is 17.8 Å². The van der Waals surface area contributed by atoms with Crippen molar-refractivity contribution in [2.24, 2.45) is 0 Å². The second-order valence-electron chi connectivity index (χ2n) is 4.86. The number of nitrogen functional groups attached to an aromatic ring is 1. The predicted octanol–water partition coefficient (Wildman–Crippen LogP) is 1.65. The summed E-state index contributed by atoms with van der Waals surface area (Å²) in [7, 11) is 4.09. The molecule has 0 bridgehead atoms. The average molecular weight is 249 g/mol. The van der Waals surface area contributed by atoms with Gasteiger partial charge >= 0.3 is 0 Å². The summed E-state index contributed by atoms with van der Waals surface area (Å²) in [5.74, 6) is -0.0858. The number of nitrogens with zero attached hydrogens (tertiary/aromatic N) is 1. The van der Waals surface area contributed by atoms with E-state index in [1.807, 2.05) is 33.2 Å². The fraction of sp³-hybridized carbons (Fsp3) is 0.500. The van der Waals surface area contributed by atoms with Crippen molar-refractivity contribution in [1.29, 1.82) is 0 Å². The summed E-state index contributed by atoms with van der Waals surface area (Å²) in [6.07, 6.45) is 2.06. The monoisotopic (exact) mass is 249 g/mol. The molecule has 0 spiro atoms. The van der Waals surface area contributed by atoms with Gasteiger partial charge in [-0.25, -0.2) is 0 Å². The van der Waals surface area contributed by atoms with Gasteiger partial charge in [-0.05, 0) is 58.1 Å². The number of carbonyl (C=O) groups excluding carboxylic acids is 1. The number of anilines is 1. The highest BCUT2D eigenvalue weighted by Gasteiger charge is 2.08. The number of nitrogens with one attached hydrogen (secondary N) is 1. The first-order valence-corrected chi connectivity index (χ1v) is 6.30. The van der Waals surface area contributed by atoms with E-state index in [1.165, 1.54) is 0 Å². The summed E-state index contributed by atoms with van der Waals surface area (Å²) in [5, 5.41) is 2.90. The number of aryl methyl sites for hydroxylation is 1. The lowest BCUT2D eigenvalue weighted by atomic mass is 10.1. The molecule has 0 unspecified atom stereocenters. The highest BCUT2D eigenvalue weighted by atomic mass is 16.1. The second kappa shape index (κ2) is 7.01. The lowest BCUT2D eigenvalue weighted by molar-refractivity contribution is 0.0953. The van der Waals surface area contributed by atoms with Gasteiger partial charge in [0.15, 0.2) is 0 Å². The lowest BCUT2D eigenvalue weighted by Crippen LogP contribution is -2.26. The van der Waals surface area contributed by atoms with Gasteiger partial charge in [-0.1, -0.05) is 6.07 Å². The van der Waals surface area contributed by atoms with Crippen LogP contribution in [0, 0.1) is 6.92 Å². The summed E-state index contributed by atoms with van der Waals surface area (Å²) in [5.41, 5.74) is 8.00. The van der Waals surface area contributed by atoms with Gasteiger partial charge in [0.05, 0.1) is 5.56 Å². The third-order valence-electron chi connectivity index (χ3n) is 2.77. The van der Waals surface area contributed by atoms with Crippen LogP contribution in [0.25, 0.3) is 0 Å². The van der Waals surface area contributed by atoms with Crippen molar-refractivity contribution < 1.29 is 4.79 Å². The van der Waals surface area contributed by atoms with Gasteiger partial charge in [-0.3, -0.25) is 4.79 Å². The van der Waals surface area contributed by atoms with Crippen molar-refractivity contribution in [1.82, 2.24) is 10.2 Å². The van der Waals surface area contributed by atoms with Gasteiger partial charge < -0.3 is 16.0 Å². The van der Waals surface area contributed by atoms with E-state index in [-0.39, 0.29) is 5.91 Å². The standard InChI is InChI=1S/C14H23N3O/c1-11-6-7-12(13(15)10-11)14(18)16-8-4-5-9-17(2)3/h6-7,10H,4-5,8-9,15H2,1-3H3,(H,16,18). The highest BCUT2D eigenvalue weighted by molar-refractivity contribution is 5.99. The molecule has 1 aromatic rings. The van der Waals surface area contributed by atoms with E-state index in [0.717, 1.165) is 24.9 Å². The fourth-order valence-electron chi connectivity index (χ4n) is 1.74. The van der Waals surface area contributed by atoms with Crippen LogP contribution in [0.2, 0.25) is 0 Å². The van der Waals surface area contributed by atoms with Crippen molar-refractivity contribution in [2.75, 3.05) is 32.9 Å². The molecular weight excluding hydrogens is 226 g/mol. The SMILES string of the molecule is Cc1ccc(C(=O)NCCCCN(C)C)c(N)c1. The van der Waals surface area contributed by atoms with E-state index in [2.05, 4.69) is 10.2 Å². The maximum Gasteiger partial charge on any atom is 0.253 e. The summed E-state index contributed by atoms with van der Waals surface area (Å²) in [6, 6.07) is 5.50. The molecule has 0 aliphatic heterocycles. The highest BCUT2D eigenvalue weighted by Crippen LogP contribution is 2.13. The third-order valence-corrected chi connectivity index (χ3v) is 2.77. The summed E-state index contributed by atoms with van der Waals surface area (Å²) in [6.45, 7) is 3.70. The van der Waals surface area contributed by atoms with E-state index in [1.54, 1.807) is 6.07 Å². The number of nitrogens with two attached hydrogens (primary N) is 1. The maximum absolute atomic E-state index is 11.9. The number of hydrogen-bond donors (Lipinski definition) is 2. The molecule has 1 amide bonds. The fourth-order valence-corrected chi connectivity index (χ4v) is 1.74.